The van der Waals surface area contributed by atoms with E-state index in [9.17, 15) is 4.79 Å². The minimum Gasteiger partial charge on any atom is -0.444 e. The van der Waals surface area contributed by atoms with Crippen molar-refractivity contribution in [3.63, 3.8) is 0 Å². The van der Waals surface area contributed by atoms with Crippen molar-refractivity contribution < 1.29 is 18.8 Å². The van der Waals surface area contributed by atoms with Crippen LogP contribution in [0.2, 0.25) is 0 Å². The molecule has 1 aliphatic heterocycles. The van der Waals surface area contributed by atoms with E-state index in [-0.39, 0.29) is 16.6 Å². The average molecular weight is 389 g/mol. The molecule has 1 N–H and O–H groups in total. The Bertz CT molecular complexity index is 695. The van der Waals surface area contributed by atoms with Gasteiger partial charge in [0.05, 0.1) is 11.2 Å². The molecule has 1 aromatic rings. The van der Waals surface area contributed by atoms with Crippen LogP contribution in [0.5, 0.6) is 0 Å². The first-order valence-electron chi connectivity index (χ1n) is 10.1. The van der Waals surface area contributed by atoms with Gasteiger partial charge in [0.2, 0.25) is 0 Å². The molecular formula is C22H36BNO4. The molecule has 1 saturated heterocycles. The summed E-state index contributed by atoms with van der Waals surface area (Å²) < 4.78 is 17.8. The fraction of sp³-hybridized carbons (Fsp3) is 0.682. The predicted molar refractivity (Wildman–Crippen MR) is 114 cm³/mol. The normalized spacial score (nSPS) is 20.5. The summed E-state index contributed by atoms with van der Waals surface area (Å²) >= 11 is 0. The maximum atomic E-state index is 12.1. The third-order valence-electron chi connectivity index (χ3n) is 5.91. The molecule has 28 heavy (non-hydrogen) atoms. The summed E-state index contributed by atoms with van der Waals surface area (Å²) in [5.74, 6) is 0. The summed E-state index contributed by atoms with van der Waals surface area (Å²) in [6, 6.07) is 8.28. The van der Waals surface area contributed by atoms with Crippen molar-refractivity contribution in [1.82, 2.24) is 5.32 Å². The number of rotatable bonds is 5. The van der Waals surface area contributed by atoms with Crippen LogP contribution in [0.25, 0.3) is 0 Å². The van der Waals surface area contributed by atoms with Crippen LogP contribution in [-0.4, -0.2) is 36.6 Å². The summed E-state index contributed by atoms with van der Waals surface area (Å²) in [7, 11) is -0.398. The minimum atomic E-state index is -0.511. The van der Waals surface area contributed by atoms with E-state index in [2.05, 4.69) is 59.0 Å². The molecular weight excluding hydrogens is 353 g/mol. The summed E-state index contributed by atoms with van der Waals surface area (Å²) in [6.45, 7) is 18.6. The van der Waals surface area contributed by atoms with Crippen LogP contribution in [0, 0.1) is 0 Å². The van der Waals surface area contributed by atoms with Gasteiger partial charge in [-0.1, -0.05) is 38.1 Å². The van der Waals surface area contributed by atoms with Gasteiger partial charge in [-0.3, -0.25) is 0 Å². The molecule has 0 aliphatic carbocycles. The zero-order valence-electron chi connectivity index (χ0n) is 18.9. The lowest BCUT2D eigenvalue weighted by molar-refractivity contribution is 0.00578. The van der Waals surface area contributed by atoms with Gasteiger partial charge >= 0.3 is 13.2 Å². The van der Waals surface area contributed by atoms with Crippen molar-refractivity contribution in [3.8, 4) is 0 Å². The molecule has 1 aromatic carbocycles. The number of benzene rings is 1. The van der Waals surface area contributed by atoms with Crippen molar-refractivity contribution >= 4 is 18.7 Å². The number of hydrogen-bond donors (Lipinski definition) is 1. The van der Waals surface area contributed by atoms with Crippen LogP contribution in [0.1, 0.15) is 74.3 Å². The first-order chi connectivity index (χ1) is 12.7. The smallest absolute Gasteiger partial charge is 0.444 e. The van der Waals surface area contributed by atoms with Crippen molar-refractivity contribution in [2.24, 2.45) is 0 Å². The molecule has 0 aromatic heterocycles. The van der Waals surface area contributed by atoms with Crippen molar-refractivity contribution in [3.05, 3.63) is 29.8 Å². The van der Waals surface area contributed by atoms with E-state index in [1.54, 1.807) is 0 Å². The molecule has 0 unspecified atom stereocenters. The Labute approximate surface area is 170 Å². The van der Waals surface area contributed by atoms with Gasteiger partial charge in [0, 0.05) is 12.0 Å². The Morgan fingerprint density at radius 1 is 1.11 bits per heavy atom. The second-order valence-corrected chi connectivity index (χ2v) is 9.98. The first kappa shape index (κ1) is 22.8. The molecule has 1 aliphatic rings. The number of hydrogen-bond acceptors (Lipinski definition) is 4. The van der Waals surface area contributed by atoms with E-state index in [1.807, 2.05) is 32.9 Å². The van der Waals surface area contributed by atoms with E-state index in [0.29, 0.717) is 6.54 Å². The molecule has 1 fully saturated rings. The molecule has 0 radical (unpaired) electrons. The van der Waals surface area contributed by atoms with E-state index in [4.69, 9.17) is 14.0 Å². The van der Waals surface area contributed by atoms with Crippen LogP contribution in [0.3, 0.4) is 0 Å². The summed E-state index contributed by atoms with van der Waals surface area (Å²) in [5, 5.41) is 2.92. The van der Waals surface area contributed by atoms with Crippen molar-refractivity contribution in [2.75, 3.05) is 6.54 Å². The van der Waals surface area contributed by atoms with Gasteiger partial charge in [-0.2, -0.15) is 0 Å². The summed E-state index contributed by atoms with van der Waals surface area (Å²) in [6.07, 6.45) is 0.476. The zero-order valence-corrected chi connectivity index (χ0v) is 18.9. The SMILES string of the molecule is CC[C@](C)(CNC(=O)OC(C)(C)C)c1cccc(B2OC(C)(C)C(C)(C)O2)c1. The number of nitrogens with one attached hydrogen (secondary N) is 1. The second-order valence-electron chi connectivity index (χ2n) is 9.98. The average Bonchev–Trinajstić information content (AvgIpc) is 2.79. The Morgan fingerprint density at radius 2 is 1.68 bits per heavy atom. The lowest BCUT2D eigenvalue weighted by Gasteiger charge is -2.32. The van der Waals surface area contributed by atoms with Crippen LogP contribution >= 0.6 is 0 Å². The maximum Gasteiger partial charge on any atom is 0.494 e. The second kappa shape index (κ2) is 7.71. The van der Waals surface area contributed by atoms with Gasteiger partial charge < -0.3 is 19.4 Å². The molecule has 1 amide bonds. The van der Waals surface area contributed by atoms with E-state index in [0.717, 1.165) is 17.4 Å². The summed E-state index contributed by atoms with van der Waals surface area (Å²) in [5.41, 5.74) is 0.645. The van der Waals surface area contributed by atoms with E-state index in [1.165, 1.54) is 0 Å². The van der Waals surface area contributed by atoms with Gasteiger partial charge in [0.1, 0.15) is 5.60 Å². The number of carbonyl (C=O) groups is 1. The van der Waals surface area contributed by atoms with Crippen LogP contribution in [0.4, 0.5) is 4.79 Å². The number of ether oxygens (including phenoxy) is 1. The fourth-order valence-electron chi connectivity index (χ4n) is 3.05. The summed E-state index contributed by atoms with van der Waals surface area (Å²) in [4.78, 5) is 12.1. The van der Waals surface area contributed by atoms with Crippen LogP contribution < -0.4 is 10.8 Å². The highest BCUT2D eigenvalue weighted by molar-refractivity contribution is 6.62. The predicted octanol–water partition coefficient (Wildman–Crippen LogP) is 4.18. The third kappa shape index (κ3) is 5.09. The minimum absolute atomic E-state index is 0.226. The molecule has 0 saturated carbocycles. The Balaban J connectivity index is 2.17. The number of alkyl carbamates (subject to hydrolysis) is 1. The molecule has 1 atom stereocenters. The highest BCUT2D eigenvalue weighted by Gasteiger charge is 2.51. The number of carbonyl (C=O) groups excluding carboxylic acids is 1. The van der Waals surface area contributed by atoms with Gasteiger partial charge in [-0.25, -0.2) is 4.79 Å². The molecule has 5 nitrogen and oxygen atoms in total. The largest absolute Gasteiger partial charge is 0.494 e. The molecule has 2 rings (SSSR count). The molecule has 1 heterocycles. The van der Waals surface area contributed by atoms with Crippen LogP contribution in [0.15, 0.2) is 24.3 Å². The highest BCUT2D eigenvalue weighted by Crippen LogP contribution is 2.37. The molecule has 0 bridgehead atoms. The van der Waals surface area contributed by atoms with Gasteiger partial charge in [-0.05, 0) is 65.9 Å². The van der Waals surface area contributed by atoms with E-state index < -0.39 is 18.8 Å². The standard InChI is InChI=1S/C22H36BNO4/c1-10-22(9,15-24-18(25)26-19(2,3)4)16-12-11-13-17(14-16)23-27-20(5,6)21(7,8)28-23/h11-14H,10,15H2,1-9H3,(H,24,25)/t22-/m1/s1. The molecule has 156 valence electrons. The van der Waals surface area contributed by atoms with Crippen molar-refractivity contribution in [1.29, 1.82) is 0 Å². The van der Waals surface area contributed by atoms with E-state index >= 15 is 0 Å². The topological polar surface area (TPSA) is 56.8 Å². The maximum absolute atomic E-state index is 12.1. The Morgan fingerprint density at radius 3 is 2.18 bits per heavy atom. The third-order valence-corrected chi connectivity index (χ3v) is 5.91. The quantitative estimate of drug-likeness (QED) is 0.768. The molecule has 6 heteroatoms. The first-order valence-corrected chi connectivity index (χ1v) is 10.1. The lowest BCUT2D eigenvalue weighted by atomic mass is 9.73. The van der Waals surface area contributed by atoms with Gasteiger partial charge in [0.15, 0.2) is 0 Å². The Hall–Kier alpha value is -1.53. The van der Waals surface area contributed by atoms with Gasteiger partial charge in [0.25, 0.3) is 0 Å². The fourth-order valence-corrected chi connectivity index (χ4v) is 3.05. The van der Waals surface area contributed by atoms with Crippen molar-refractivity contribution in [2.45, 2.75) is 91.0 Å². The zero-order chi connectivity index (χ0) is 21.4. The molecule has 0 spiro atoms. The Kier molecular flexibility index (Phi) is 6.27. The highest BCUT2D eigenvalue weighted by atomic mass is 16.7. The van der Waals surface area contributed by atoms with Crippen LogP contribution in [-0.2, 0) is 19.5 Å². The van der Waals surface area contributed by atoms with Gasteiger partial charge in [-0.15, -0.1) is 0 Å². The monoisotopic (exact) mass is 389 g/mol. The number of amides is 1. The lowest BCUT2D eigenvalue weighted by Crippen LogP contribution is -2.42.